The van der Waals surface area contributed by atoms with Crippen molar-refractivity contribution in [1.29, 1.82) is 0 Å². The number of nitrogens with one attached hydrogen (secondary N) is 1. The highest BCUT2D eigenvalue weighted by molar-refractivity contribution is 6.03. The van der Waals surface area contributed by atoms with Crippen molar-refractivity contribution >= 4 is 23.8 Å². The number of piperidine rings is 1. The first kappa shape index (κ1) is 16.9. The lowest BCUT2D eigenvalue weighted by molar-refractivity contribution is -0.138. The summed E-state index contributed by atoms with van der Waals surface area (Å²) >= 11 is 0. The number of likely N-dealkylation sites (tertiary alicyclic amines) is 1. The molecule has 2 aliphatic rings. The fourth-order valence-electron chi connectivity index (χ4n) is 3.14. The summed E-state index contributed by atoms with van der Waals surface area (Å²) in [6.07, 6.45) is 3.27. The van der Waals surface area contributed by atoms with Gasteiger partial charge in [0.15, 0.2) is 0 Å². The van der Waals surface area contributed by atoms with Crippen molar-refractivity contribution in [3.8, 4) is 0 Å². The molecule has 0 radical (unpaired) electrons. The normalized spacial score (nSPS) is 20.7. The van der Waals surface area contributed by atoms with Crippen LogP contribution in [-0.4, -0.2) is 74.7 Å². The van der Waals surface area contributed by atoms with Gasteiger partial charge in [-0.2, -0.15) is 5.10 Å². The second kappa shape index (κ2) is 6.91. The van der Waals surface area contributed by atoms with Gasteiger partial charge in [-0.1, -0.05) is 0 Å². The maximum atomic E-state index is 12.4. The molecule has 1 aromatic heterocycles. The standard InChI is InChI=1S/C15H19N5O5/c21-12-7-19(15(25)16-12)8-13(22)18-4-1-2-10(6-18)11-3-5-20(17-11)9-14(23)24/h3,5,10H,1-2,4,6-9H2,(H,23,24)(H,16,21,25)/t10-/m1/s1. The SMILES string of the molecule is O=C(O)Cn1ccc([C@@H]2CCCN(C(=O)CN3CC(=O)NC3=O)C2)n1. The summed E-state index contributed by atoms with van der Waals surface area (Å²) < 4.78 is 1.36. The molecule has 0 bridgehead atoms. The van der Waals surface area contributed by atoms with Gasteiger partial charge in [-0.15, -0.1) is 0 Å². The fraction of sp³-hybridized carbons (Fsp3) is 0.533. The predicted octanol–water partition coefficient (Wildman–Crippen LogP) is -0.774. The molecule has 3 rings (SSSR count). The Kier molecular flexibility index (Phi) is 4.68. The molecule has 2 N–H and O–H groups in total. The zero-order valence-corrected chi connectivity index (χ0v) is 13.6. The molecule has 1 aromatic rings. The Morgan fingerprint density at radius 3 is 2.80 bits per heavy atom. The smallest absolute Gasteiger partial charge is 0.325 e. The lowest BCUT2D eigenvalue weighted by Crippen LogP contribution is -2.45. The van der Waals surface area contributed by atoms with Crippen LogP contribution < -0.4 is 5.32 Å². The summed E-state index contributed by atoms with van der Waals surface area (Å²) in [5.41, 5.74) is 0.757. The first-order valence-electron chi connectivity index (χ1n) is 8.04. The highest BCUT2D eigenvalue weighted by Gasteiger charge is 2.32. The van der Waals surface area contributed by atoms with E-state index in [9.17, 15) is 19.2 Å². The summed E-state index contributed by atoms with van der Waals surface area (Å²) in [7, 11) is 0. The van der Waals surface area contributed by atoms with Crippen LogP contribution in [0.1, 0.15) is 24.5 Å². The molecule has 0 spiro atoms. The van der Waals surface area contributed by atoms with Gasteiger partial charge in [0.2, 0.25) is 11.8 Å². The summed E-state index contributed by atoms with van der Waals surface area (Å²) in [6.45, 7) is 0.632. The number of carbonyl (C=O) groups is 4. The number of imide groups is 1. The van der Waals surface area contributed by atoms with E-state index in [4.69, 9.17) is 5.11 Å². The molecule has 2 saturated heterocycles. The average molecular weight is 349 g/mol. The Morgan fingerprint density at radius 2 is 2.12 bits per heavy atom. The number of rotatable bonds is 5. The third-order valence-corrected chi connectivity index (χ3v) is 4.35. The van der Waals surface area contributed by atoms with Gasteiger partial charge in [0.05, 0.1) is 5.69 Å². The van der Waals surface area contributed by atoms with Crippen molar-refractivity contribution in [1.82, 2.24) is 24.9 Å². The third-order valence-electron chi connectivity index (χ3n) is 4.35. The molecule has 0 unspecified atom stereocenters. The number of hydrogen-bond acceptors (Lipinski definition) is 5. The second-order valence-electron chi connectivity index (χ2n) is 6.22. The van der Waals surface area contributed by atoms with Crippen LogP contribution in [0, 0.1) is 0 Å². The number of carboxylic acid groups (broad SMARTS) is 1. The zero-order valence-electron chi connectivity index (χ0n) is 13.6. The number of aliphatic carboxylic acids is 1. The van der Waals surface area contributed by atoms with E-state index < -0.39 is 17.9 Å². The molecular formula is C15H19N5O5. The maximum Gasteiger partial charge on any atom is 0.325 e. The van der Waals surface area contributed by atoms with E-state index in [-0.39, 0.29) is 31.5 Å². The van der Waals surface area contributed by atoms with Crippen molar-refractivity contribution in [3.05, 3.63) is 18.0 Å². The van der Waals surface area contributed by atoms with Crippen LogP contribution >= 0.6 is 0 Å². The Bertz CT molecular complexity index is 715. The molecule has 0 saturated carbocycles. The quantitative estimate of drug-likeness (QED) is 0.672. The molecule has 2 aliphatic heterocycles. The lowest BCUT2D eigenvalue weighted by Gasteiger charge is -2.32. The zero-order chi connectivity index (χ0) is 18.0. The minimum absolute atomic E-state index is 0.0294. The highest BCUT2D eigenvalue weighted by Crippen LogP contribution is 2.25. The van der Waals surface area contributed by atoms with E-state index in [0.29, 0.717) is 13.1 Å². The van der Waals surface area contributed by atoms with E-state index in [1.54, 1.807) is 17.2 Å². The molecule has 4 amide bonds. The molecule has 1 atom stereocenters. The number of hydrogen-bond donors (Lipinski definition) is 2. The Morgan fingerprint density at radius 1 is 1.32 bits per heavy atom. The van der Waals surface area contributed by atoms with Crippen LogP contribution in [-0.2, 0) is 20.9 Å². The van der Waals surface area contributed by atoms with Crippen LogP contribution in [0.15, 0.2) is 12.3 Å². The number of urea groups is 1. The van der Waals surface area contributed by atoms with E-state index in [0.717, 1.165) is 18.5 Å². The number of amides is 4. The van der Waals surface area contributed by atoms with Gasteiger partial charge in [-0.3, -0.25) is 24.4 Å². The van der Waals surface area contributed by atoms with E-state index in [1.165, 1.54) is 9.58 Å². The Hall–Kier alpha value is -2.91. The first-order chi connectivity index (χ1) is 11.9. The molecule has 10 heteroatoms. The van der Waals surface area contributed by atoms with Crippen molar-refractivity contribution in [2.24, 2.45) is 0 Å². The van der Waals surface area contributed by atoms with Crippen LogP contribution in [0.2, 0.25) is 0 Å². The molecule has 0 aromatic carbocycles. The minimum atomic E-state index is -0.964. The topological polar surface area (TPSA) is 125 Å². The lowest BCUT2D eigenvalue weighted by atomic mass is 9.95. The molecule has 2 fully saturated rings. The van der Waals surface area contributed by atoms with Crippen molar-refractivity contribution in [2.45, 2.75) is 25.3 Å². The van der Waals surface area contributed by atoms with Crippen LogP contribution in [0.5, 0.6) is 0 Å². The van der Waals surface area contributed by atoms with E-state index in [1.807, 2.05) is 0 Å². The van der Waals surface area contributed by atoms with Crippen LogP contribution in [0.3, 0.4) is 0 Å². The molecular weight excluding hydrogens is 330 g/mol. The third kappa shape index (κ3) is 3.95. The van der Waals surface area contributed by atoms with Crippen molar-refractivity contribution in [3.63, 3.8) is 0 Å². The fourth-order valence-corrected chi connectivity index (χ4v) is 3.14. The summed E-state index contributed by atoms with van der Waals surface area (Å²) in [5.74, 6) is -1.55. The monoisotopic (exact) mass is 349 g/mol. The Balaban J connectivity index is 1.59. The van der Waals surface area contributed by atoms with Gasteiger partial charge in [-0.05, 0) is 18.9 Å². The van der Waals surface area contributed by atoms with Gasteiger partial charge in [0.25, 0.3) is 0 Å². The number of aromatic nitrogens is 2. The predicted molar refractivity (Wildman–Crippen MR) is 83.5 cm³/mol. The number of nitrogens with zero attached hydrogens (tertiary/aromatic N) is 4. The summed E-state index contributed by atoms with van der Waals surface area (Å²) in [4.78, 5) is 48.7. The van der Waals surface area contributed by atoms with Crippen molar-refractivity contribution in [2.75, 3.05) is 26.2 Å². The second-order valence-corrected chi connectivity index (χ2v) is 6.22. The Labute approximate surface area is 143 Å². The number of carboxylic acids is 1. The van der Waals surface area contributed by atoms with Crippen LogP contribution in [0.4, 0.5) is 4.79 Å². The molecule has 0 aliphatic carbocycles. The molecule has 3 heterocycles. The van der Waals surface area contributed by atoms with Crippen molar-refractivity contribution < 1.29 is 24.3 Å². The number of carbonyl (C=O) groups excluding carboxylic acids is 3. The molecule has 10 nitrogen and oxygen atoms in total. The summed E-state index contributed by atoms with van der Waals surface area (Å²) in [5, 5.41) is 15.2. The van der Waals surface area contributed by atoms with E-state index >= 15 is 0 Å². The minimum Gasteiger partial charge on any atom is -0.480 e. The maximum absolute atomic E-state index is 12.4. The largest absolute Gasteiger partial charge is 0.480 e. The van der Waals surface area contributed by atoms with Gasteiger partial charge in [-0.25, -0.2) is 4.79 Å². The van der Waals surface area contributed by atoms with Gasteiger partial charge in [0.1, 0.15) is 19.6 Å². The van der Waals surface area contributed by atoms with Gasteiger partial charge >= 0.3 is 12.0 Å². The highest BCUT2D eigenvalue weighted by atomic mass is 16.4. The first-order valence-corrected chi connectivity index (χ1v) is 8.04. The summed E-state index contributed by atoms with van der Waals surface area (Å²) in [6, 6.07) is 1.23. The molecule has 134 valence electrons. The van der Waals surface area contributed by atoms with Crippen LogP contribution in [0.25, 0.3) is 0 Å². The van der Waals surface area contributed by atoms with Gasteiger partial charge < -0.3 is 14.9 Å². The van der Waals surface area contributed by atoms with Gasteiger partial charge in [0, 0.05) is 25.2 Å². The molecule has 25 heavy (non-hydrogen) atoms. The average Bonchev–Trinajstić information content (AvgIpc) is 3.13. The van der Waals surface area contributed by atoms with E-state index in [2.05, 4.69) is 10.4 Å².